The average molecular weight is 387 g/mol. The number of hydrogen-bond acceptors (Lipinski definition) is 9. The van der Waals surface area contributed by atoms with Gasteiger partial charge in [-0.2, -0.15) is 0 Å². The third-order valence-electron chi connectivity index (χ3n) is 4.75. The molecule has 3 heterocycles. The second-order valence-corrected chi connectivity index (χ2v) is 6.44. The van der Waals surface area contributed by atoms with E-state index in [1.54, 1.807) is 11.7 Å². The Labute approximate surface area is 160 Å². The van der Waals surface area contributed by atoms with Crippen LogP contribution in [0.25, 0.3) is 11.2 Å². The van der Waals surface area contributed by atoms with E-state index in [0.29, 0.717) is 11.2 Å². The number of ether oxygens (including phenoxy) is 3. The number of rotatable bonds is 6. The first-order chi connectivity index (χ1) is 13.6. The van der Waals surface area contributed by atoms with E-state index in [0.717, 1.165) is 11.3 Å². The van der Waals surface area contributed by atoms with Crippen LogP contribution in [0.1, 0.15) is 11.8 Å². The minimum Gasteiger partial charge on any atom is -0.497 e. The molecule has 4 N–H and O–H groups in total. The normalized spacial score (nSPS) is 24.7. The van der Waals surface area contributed by atoms with Gasteiger partial charge in [-0.05, 0) is 17.7 Å². The molecule has 1 aromatic carbocycles. The first kappa shape index (κ1) is 18.6. The van der Waals surface area contributed by atoms with Crippen LogP contribution in [0.2, 0.25) is 0 Å². The first-order valence-electron chi connectivity index (χ1n) is 8.74. The van der Waals surface area contributed by atoms with Crippen LogP contribution >= 0.6 is 0 Å². The molecule has 10 nitrogen and oxygen atoms in total. The summed E-state index contributed by atoms with van der Waals surface area (Å²) in [6.45, 7) is -0.0529. The predicted octanol–water partition coefficient (Wildman–Crippen LogP) is 0.253. The largest absolute Gasteiger partial charge is 0.497 e. The van der Waals surface area contributed by atoms with Crippen molar-refractivity contribution in [3.8, 4) is 5.75 Å². The molecule has 0 aliphatic carbocycles. The third kappa shape index (κ3) is 3.27. The summed E-state index contributed by atoms with van der Waals surface area (Å²) in [4.78, 5) is 12.3. The lowest BCUT2D eigenvalue weighted by Gasteiger charge is -2.20. The minimum atomic E-state index is -1.04. The lowest BCUT2D eigenvalue weighted by Crippen LogP contribution is -2.36. The molecule has 148 valence electrons. The summed E-state index contributed by atoms with van der Waals surface area (Å²) in [6.07, 6.45) is -0.493. The Morgan fingerprint density at radius 3 is 2.71 bits per heavy atom. The zero-order valence-corrected chi connectivity index (χ0v) is 15.2. The summed E-state index contributed by atoms with van der Waals surface area (Å²) < 4.78 is 18.4. The lowest BCUT2D eigenvalue weighted by atomic mass is 10.1. The van der Waals surface area contributed by atoms with E-state index >= 15 is 0 Å². The lowest BCUT2D eigenvalue weighted by molar-refractivity contribution is -0.0650. The molecule has 0 saturated carbocycles. The monoisotopic (exact) mass is 387 g/mol. The van der Waals surface area contributed by atoms with Gasteiger partial charge in [-0.3, -0.25) is 4.57 Å². The molecule has 4 rings (SSSR count). The highest BCUT2D eigenvalue weighted by Gasteiger charge is 2.45. The number of anilines is 1. The Balaban J connectivity index is 1.53. The zero-order valence-electron chi connectivity index (χ0n) is 15.2. The van der Waals surface area contributed by atoms with Crippen LogP contribution in [0.5, 0.6) is 5.75 Å². The highest BCUT2D eigenvalue weighted by atomic mass is 16.6. The van der Waals surface area contributed by atoms with Gasteiger partial charge >= 0.3 is 0 Å². The van der Waals surface area contributed by atoms with E-state index in [1.165, 1.54) is 12.7 Å². The van der Waals surface area contributed by atoms with Crippen LogP contribution in [0, 0.1) is 0 Å². The molecule has 10 heteroatoms. The van der Waals surface area contributed by atoms with Crippen LogP contribution < -0.4 is 10.5 Å². The Kier molecular flexibility index (Phi) is 5.09. The number of hydrogen-bond donors (Lipinski definition) is 3. The molecule has 1 saturated heterocycles. The molecular weight excluding hydrogens is 366 g/mol. The second kappa shape index (κ2) is 7.68. The maximum absolute atomic E-state index is 10.8. The molecule has 0 amide bonds. The van der Waals surface area contributed by atoms with Gasteiger partial charge < -0.3 is 30.2 Å². The summed E-state index contributed by atoms with van der Waals surface area (Å²) in [6, 6.07) is 7.40. The van der Waals surface area contributed by atoms with Gasteiger partial charge in [-0.15, -0.1) is 0 Å². The smallest absolute Gasteiger partial charge is 0.167 e. The van der Waals surface area contributed by atoms with Crippen molar-refractivity contribution in [1.82, 2.24) is 19.5 Å². The number of benzene rings is 1. The van der Waals surface area contributed by atoms with Gasteiger partial charge in [0.15, 0.2) is 17.7 Å². The molecule has 2 aromatic heterocycles. The van der Waals surface area contributed by atoms with Crippen molar-refractivity contribution in [2.75, 3.05) is 19.5 Å². The van der Waals surface area contributed by atoms with Crippen molar-refractivity contribution in [2.24, 2.45) is 0 Å². The highest BCUT2D eigenvalue weighted by molar-refractivity contribution is 5.81. The molecule has 4 atom stereocenters. The fraction of sp³-hybridized carbons (Fsp3) is 0.389. The number of nitrogen functional groups attached to an aromatic ring is 1. The van der Waals surface area contributed by atoms with Crippen LogP contribution in [0.15, 0.2) is 36.9 Å². The van der Waals surface area contributed by atoms with Crippen LogP contribution in [0.4, 0.5) is 5.82 Å². The summed E-state index contributed by atoms with van der Waals surface area (Å²) in [5.74, 6) is 0.983. The number of aromatic nitrogens is 4. The molecule has 3 aromatic rings. The fourth-order valence-corrected chi connectivity index (χ4v) is 3.27. The number of fused-ring (bicyclic) bond motifs is 1. The van der Waals surface area contributed by atoms with Crippen molar-refractivity contribution in [3.63, 3.8) is 0 Å². The minimum absolute atomic E-state index is 0.238. The molecule has 28 heavy (non-hydrogen) atoms. The highest BCUT2D eigenvalue weighted by Crippen LogP contribution is 2.34. The standard InChI is InChI=1S/C18H21N5O5/c1-26-11-4-2-10(3-5-11)7-27-15-12(6-24)28-18(14(15)25)23-9-22-13-16(19)20-8-21-17(13)23/h2-5,8-9,12,14-15,18,24-25H,6-7H2,1H3,(H2,19,20,21). The summed E-state index contributed by atoms with van der Waals surface area (Å²) in [5.41, 5.74) is 7.57. The Hall–Kier alpha value is -2.79. The van der Waals surface area contributed by atoms with E-state index < -0.39 is 24.5 Å². The Morgan fingerprint density at radius 1 is 1.21 bits per heavy atom. The Bertz CT molecular complexity index is 947. The molecule has 0 spiro atoms. The SMILES string of the molecule is COc1ccc(COC2C(CO)OC(n3cnc4c(N)ncnc43)C2O)cc1. The predicted molar refractivity (Wildman–Crippen MR) is 98.3 cm³/mol. The number of aliphatic hydroxyl groups is 2. The molecule has 0 radical (unpaired) electrons. The quantitative estimate of drug-likeness (QED) is 0.543. The molecular formula is C18H21N5O5. The van der Waals surface area contributed by atoms with Crippen molar-refractivity contribution < 1.29 is 24.4 Å². The zero-order chi connectivity index (χ0) is 19.7. The van der Waals surface area contributed by atoms with Crippen molar-refractivity contribution >= 4 is 17.0 Å². The number of aliphatic hydroxyl groups excluding tert-OH is 2. The maximum Gasteiger partial charge on any atom is 0.167 e. The van der Waals surface area contributed by atoms with E-state index in [4.69, 9.17) is 19.9 Å². The molecule has 1 aliphatic heterocycles. The van der Waals surface area contributed by atoms with Crippen LogP contribution in [0.3, 0.4) is 0 Å². The van der Waals surface area contributed by atoms with Gasteiger partial charge in [0.05, 0.1) is 26.7 Å². The van der Waals surface area contributed by atoms with Crippen molar-refractivity contribution in [3.05, 3.63) is 42.5 Å². The third-order valence-corrected chi connectivity index (χ3v) is 4.75. The number of nitrogens with zero attached hydrogens (tertiary/aromatic N) is 4. The second-order valence-electron chi connectivity index (χ2n) is 6.44. The van der Waals surface area contributed by atoms with Crippen LogP contribution in [-0.2, 0) is 16.1 Å². The molecule has 1 fully saturated rings. The van der Waals surface area contributed by atoms with Gasteiger partial charge in [0, 0.05) is 0 Å². The van der Waals surface area contributed by atoms with E-state index in [2.05, 4.69) is 15.0 Å². The summed E-state index contributed by atoms with van der Waals surface area (Å²) in [7, 11) is 1.60. The number of methoxy groups -OCH3 is 1. The van der Waals surface area contributed by atoms with E-state index in [9.17, 15) is 10.2 Å². The summed E-state index contributed by atoms with van der Waals surface area (Å²) >= 11 is 0. The number of nitrogens with two attached hydrogens (primary N) is 1. The topological polar surface area (TPSA) is 138 Å². The maximum atomic E-state index is 10.8. The van der Waals surface area contributed by atoms with E-state index in [1.807, 2.05) is 24.3 Å². The summed E-state index contributed by atoms with van der Waals surface area (Å²) in [5, 5.41) is 20.5. The van der Waals surface area contributed by atoms with E-state index in [-0.39, 0.29) is 19.0 Å². The van der Waals surface area contributed by atoms with Crippen molar-refractivity contribution in [1.29, 1.82) is 0 Å². The van der Waals surface area contributed by atoms with Gasteiger partial charge in [0.1, 0.15) is 35.9 Å². The molecule has 4 unspecified atom stereocenters. The van der Waals surface area contributed by atoms with Gasteiger partial charge in [0.25, 0.3) is 0 Å². The first-order valence-corrected chi connectivity index (χ1v) is 8.74. The van der Waals surface area contributed by atoms with Crippen molar-refractivity contribution in [2.45, 2.75) is 31.1 Å². The average Bonchev–Trinajstić information content (AvgIpc) is 3.28. The van der Waals surface area contributed by atoms with Crippen LogP contribution in [-0.4, -0.2) is 61.8 Å². The fourth-order valence-electron chi connectivity index (χ4n) is 3.27. The molecule has 1 aliphatic rings. The van der Waals surface area contributed by atoms with Gasteiger partial charge in [-0.1, -0.05) is 12.1 Å². The number of imidazole rings is 1. The van der Waals surface area contributed by atoms with Gasteiger partial charge in [0.2, 0.25) is 0 Å². The Morgan fingerprint density at radius 2 is 2.00 bits per heavy atom. The van der Waals surface area contributed by atoms with Gasteiger partial charge in [-0.25, -0.2) is 15.0 Å². The molecule has 0 bridgehead atoms.